The van der Waals surface area contributed by atoms with Crippen LogP contribution in [0, 0.1) is 12.8 Å². The first kappa shape index (κ1) is 18.8. The minimum absolute atomic E-state index is 0.134. The van der Waals surface area contributed by atoms with Crippen molar-refractivity contribution in [1.29, 1.82) is 0 Å². The molecule has 0 aliphatic heterocycles. The third kappa shape index (κ3) is 3.47. The highest BCUT2D eigenvalue weighted by Crippen LogP contribution is 2.48. The molecule has 0 amide bonds. The van der Waals surface area contributed by atoms with Crippen molar-refractivity contribution < 1.29 is 10.2 Å². The van der Waals surface area contributed by atoms with Gasteiger partial charge in [0.25, 0.3) is 0 Å². The predicted octanol–water partition coefficient (Wildman–Crippen LogP) is 6.64. The predicted molar refractivity (Wildman–Crippen MR) is 109 cm³/mol. The average Bonchev–Trinajstić information content (AvgIpc) is 2.54. The standard InChI is InChI=1S/C24H32O2/c1-14(2)19-10-9-16(4)12-20(19)24-17(5)23(21(25)13-22(24)26)18-8-6-7-15(3)11-18/h11-13,18-20,25-26H,1,6-10H2,2-5H3/t18?,19?,20-/m1/s1. The Kier molecular flexibility index (Phi) is 5.32. The normalized spacial score (nSPS) is 26.2. The fourth-order valence-corrected chi connectivity index (χ4v) is 4.95. The van der Waals surface area contributed by atoms with Gasteiger partial charge in [-0.3, -0.25) is 0 Å². The molecule has 2 aliphatic rings. The van der Waals surface area contributed by atoms with E-state index >= 15 is 0 Å². The average molecular weight is 353 g/mol. The van der Waals surface area contributed by atoms with E-state index in [2.05, 4.69) is 46.4 Å². The number of aromatic hydroxyl groups is 2. The molecule has 0 heterocycles. The molecule has 1 aromatic carbocycles. The molecule has 2 heteroatoms. The van der Waals surface area contributed by atoms with Crippen LogP contribution in [0.15, 0.2) is 41.5 Å². The van der Waals surface area contributed by atoms with Gasteiger partial charge in [0.05, 0.1) is 0 Å². The molecule has 2 N–H and O–H groups in total. The Labute approximate surface area is 158 Å². The van der Waals surface area contributed by atoms with E-state index in [1.807, 2.05) is 0 Å². The van der Waals surface area contributed by atoms with Gasteiger partial charge in [-0.2, -0.15) is 0 Å². The molecule has 26 heavy (non-hydrogen) atoms. The Hall–Kier alpha value is -1.96. The van der Waals surface area contributed by atoms with E-state index in [1.165, 1.54) is 16.7 Å². The Morgan fingerprint density at radius 2 is 1.62 bits per heavy atom. The number of benzene rings is 1. The minimum Gasteiger partial charge on any atom is -0.507 e. The molecule has 0 saturated heterocycles. The highest BCUT2D eigenvalue weighted by molar-refractivity contribution is 5.57. The van der Waals surface area contributed by atoms with Crippen LogP contribution in [0.1, 0.15) is 81.4 Å². The van der Waals surface area contributed by atoms with Crippen LogP contribution in [0.25, 0.3) is 0 Å². The lowest BCUT2D eigenvalue weighted by Gasteiger charge is -2.33. The number of allylic oxidation sites excluding steroid dienone is 5. The summed E-state index contributed by atoms with van der Waals surface area (Å²) in [7, 11) is 0. The van der Waals surface area contributed by atoms with E-state index in [0.717, 1.165) is 48.8 Å². The molecule has 3 rings (SSSR count). The van der Waals surface area contributed by atoms with E-state index in [1.54, 1.807) is 6.07 Å². The van der Waals surface area contributed by atoms with Crippen LogP contribution in [-0.4, -0.2) is 10.2 Å². The molecule has 0 radical (unpaired) electrons. The molecule has 1 aromatic rings. The van der Waals surface area contributed by atoms with Gasteiger partial charge in [-0.25, -0.2) is 0 Å². The Bertz CT molecular complexity index is 782. The van der Waals surface area contributed by atoms with Gasteiger partial charge < -0.3 is 10.2 Å². The summed E-state index contributed by atoms with van der Waals surface area (Å²) in [6.45, 7) is 12.7. The molecule has 0 bridgehead atoms. The highest BCUT2D eigenvalue weighted by atomic mass is 16.3. The van der Waals surface area contributed by atoms with E-state index in [0.29, 0.717) is 5.92 Å². The van der Waals surface area contributed by atoms with E-state index in [9.17, 15) is 10.2 Å². The molecule has 2 unspecified atom stereocenters. The van der Waals surface area contributed by atoms with Crippen LogP contribution < -0.4 is 0 Å². The first-order valence-electron chi connectivity index (χ1n) is 9.85. The van der Waals surface area contributed by atoms with Gasteiger partial charge in [0.1, 0.15) is 11.5 Å². The van der Waals surface area contributed by atoms with Crippen molar-refractivity contribution >= 4 is 0 Å². The van der Waals surface area contributed by atoms with Gasteiger partial charge in [0.15, 0.2) is 0 Å². The lowest BCUT2D eigenvalue weighted by Crippen LogP contribution is -2.19. The van der Waals surface area contributed by atoms with E-state index < -0.39 is 0 Å². The second-order valence-electron chi connectivity index (χ2n) is 8.41. The summed E-state index contributed by atoms with van der Waals surface area (Å²) in [4.78, 5) is 0. The van der Waals surface area contributed by atoms with Crippen molar-refractivity contribution in [3.8, 4) is 11.5 Å². The van der Waals surface area contributed by atoms with Crippen LogP contribution in [0.3, 0.4) is 0 Å². The molecule has 0 aromatic heterocycles. The summed E-state index contributed by atoms with van der Waals surface area (Å²) < 4.78 is 0. The van der Waals surface area contributed by atoms with Gasteiger partial charge >= 0.3 is 0 Å². The van der Waals surface area contributed by atoms with Crippen LogP contribution in [-0.2, 0) is 0 Å². The number of hydrogen-bond acceptors (Lipinski definition) is 2. The molecule has 140 valence electrons. The van der Waals surface area contributed by atoms with Gasteiger partial charge in [-0.15, -0.1) is 0 Å². The second-order valence-corrected chi connectivity index (χ2v) is 8.41. The molecule has 0 fully saturated rings. The lowest BCUT2D eigenvalue weighted by atomic mass is 9.71. The number of phenols is 2. The molecular weight excluding hydrogens is 320 g/mol. The highest BCUT2D eigenvalue weighted by Gasteiger charge is 2.31. The van der Waals surface area contributed by atoms with Crippen LogP contribution in [0.2, 0.25) is 0 Å². The quantitative estimate of drug-likeness (QED) is 0.599. The van der Waals surface area contributed by atoms with Gasteiger partial charge in [0.2, 0.25) is 0 Å². The SMILES string of the molecule is C=C(C)C1CCC(C)=C[C@H]1c1c(O)cc(O)c(C2C=C(C)CCC2)c1C. The smallest absolute Gasteiger partial charge is 0.123 e. The molecular formula is C24H32O2. The first-order valence-corrected chi connectivity index (χ1v) is 9.85. The molecule has 3 atom stereocenters. The third-order valence-corrected chi connectivity index (χ3v) is 6.29. The zero-order valence-corrected chi connectivity index (χ0v) is 16.6. The van der Waals surface area contributed by atoms with E-state index in [-0.39, 0.29) is 23.3 Å². The maximum Gasteiger partial charge on any atom is 0.123 e. The Balaban J connectivity index is 2.16. The van der Waals surface area contributed by atoms with Crippen molar-refractivity contribution in [3.05, 3.63) is 58.2 Å². The largest absolute Gasteiger partial charge is 0.507 e. The number of hydrogen-bond donors (Lipinski definition) is 2. The summed E-state index contributed by atoms with van der Waals surface area (Å²) in [5, 5.41) is 21.4. The number of phenolic OH excluding ortho intramolecular Hbond substituents is 2. The topological polar surface area (TPSA) is 40.5 Å². The molecule has 0 saturated carbocycles. The Morgan fingerprint density at radius 1 is 0.962 bits per heavy atom. The van der Waals surface area contributed by atoms with E-state index in [4.69, 9.17) is 0 Å². The van der Waals surface area contributed by atoms with Crippen LogP contribution in [0.5, 0.6) is 11.5 Å². The molecule has 0 spiro atoms. The van der Waals surface area contributed by atoms with Crippen molar-refractivity contribution in [3.63, 3.8) is 0 Å². The summed E-state index contributed by atoms with van der Waals surface area (Å²) in [6.07, 6.45) is 10.1. The van der Waals surface area contributed by atoms with Crippen molar-refractivity contribution in [2.75, 3.05) is 0 Å². The monoisotopic (exact) mass is 352 g/mol. The first-order chi connectivity index (χ1) is 12.3. The van der Waals surface area contributed by atoms with Crippen molar-refractivity contribution in [2.24, 2.45) is 5.92 Å². The maximum absolute atomic E-state index is 10.8. The summed E-state index contributed by atoms with van der Waals surface area (Å²) in [6, 6.07) is 1.56. The number of rotatable bonds is 3. The summed E-state index contributed by atoms with van der Waals surface area (Å²) in [5.41, 5.74) is 6.94. The fourth-order valence-electron chi connectivity index (χ4n) is 4.95. The zero-order valence-electron chi connectivity index (χ0n) is 16.6. The van der Waals surface area contributed by atoms with Crippen LogP contribution in [0.4, 0.5) is 0 Å². The lowest BCUT2D eigenvalue weighted by molar-refractivity contribution is 0.419. The third-order valence-electron chi connectivity index (χ3n) is 6.29. The van der Waals surface area contributed by atoms with Crippen LogP contribution >= 0.6 is 0 Å². The summed E-state index contributed by atoms with van der Waals surface area (Å²) in [5.74, 6) is 1.14. The molecule has 2 nitrogen and oxygen atoms in total. The molecule has 2 aliphatic carbocycles. The van der Waals surface area contributed by atoms with Gasteiger partial charge in [-0.1, -0.05) is 35.5 Å². The summed E-state index contributed by atoms with van der Waals surface area (Å²) >= 11 is 0. The van der Waals surface area contributed by atoms with Crippen molar-refractivity contribution in [1.82, 2.24) is 0 Å². The Morgan fingerprint density at radius 3 is 2.27 bits per heavy atom. The zero-order chi connectivity index (χ0) is 19.0. The van der Waals surface area contributed by atoms with Gasteiger partial charge in [0, 0.05) is 29.0 Å². The maximum atomic E-state index is 10.8. The fraction of sp³-hybridized carbons (Fsp3) is 0.500. The second kappa shape index (κ2) is 7.34. The van der Waals surface area contributed by atoms with Crippen molar-refractivity contribution in [2.45, 2.75) is 71.6 Å². The minimum atomic E-state index is 0.134. The van der Waals surface area contributed by atoms with Gasteiger partial charge in [-0.05, 0) is 71.3 Å².